The van der Waals surface area contributed by atoms with E-state index in [1.54, 1.807) is 13.8 Å². The van der Waals surface area contributed by atoms with Gasteiger partial charge in [-0.1, -0.05) is 18.2 Å². The molecule has 30 heavy (non-hydrogen) atoms. The first-order chi connectivity index (χ1) is 14.2. The first-order valence-electron chi connectivity index (χ1n) is 9.31. The van der Waals surface area contributed by atoms with Crippen LogP contribution in [-0.4, -0.2) is 38.8 Å². The van der Waals surface area contributed by atoms with Gasteiger partial charge in [-0.25, -0.2) is 9.50 Å². The Labute approximate surface area is 170 Å². The van der Waals surface area contributed by atoms with Crippen molar-refractivity contribution < 1.29 is 27.4 Å². The predicted molar refractivity (Wildman–Crippen MR) is 101 cm³/mol. The third-order valence-corrected chi connectivity index (χ3v) is 4.58. The van der Waals surface area contributed by atoms with E-state index in [4.69, 9.17) is 9.47 Å². The van der Waals surface area contributed by atoms with Gasteiger partial charge in [-0.15, -0.1) is 5.10 Å². The SMILES string of the molecule is Cc1ccccc1OCCOC(=O)CCc1c(C)nc2nc(C(F)(F)F)nn2c1C. The molecule has 160 valence electrons. The maximum Gasteiger partial charge on any atom is 0.453 e. The number of aromatic nitrogens is 4. The molecule has 3 rings (SSSR count). The van der Waals surface area contributed by atoms with Crippen molar-refractivity contribution in [2.45, 2.75) is 39.8 Å². The van der Waals surface area contributed by atoms with Crippen LogP contribution in [0.25, 0.3) is 5.78 Å². The molecule has 0 bridgehead atoms. The van der Waals surface area contributed by atoms with Gasteiger partial charge in [0.1, 0.15) is 19.0 Å². The van der Waals surface area contributed by atoms with Crippen molar-refractivity contribution >= 4 is 11.7 Å². The summed E-state index contributed by atoms with van der Waals surface area (Å²) in [6.07, 6.45) is -4.34. The highest BCUT2D eigenvalue weighted by atomic mass is 19.4. The lowest BCUT2D eigenvalue weighted by molar-refractivity contribution is -0.145. The molecule has 3 aromatic rings. The van der Waals surface area contributed by atoms with Crippen LogP contribution in [0.1, 0.15) is 34.8 Å². The Hall–Kier alpha value is -3.17. The van der Waals surface area contributed by atoms with Gasteiger partial charge >= 0.3 is 12.1 Å². The molecule has 7 nitrogen and oxygen atoms in total. The lowest BCUT2D eigenvalue weighted by Gasteiger charge is -2.11. The number of halogens is 3. The number of alkyl halides is 3. The van der Waals surface area contributed by atoms with Gasteiger partial charge < -0.3 is 9.47 Å². The number of hydrogen-bond acceptors (Lipinski definition) is 6. The summed E-state index contributed by atoms with van der Waals surface area (Å²) in [6.45, 7) is 5.52. The number of rotatable bonds is 7. The Balaban J connectivity index is 1.57. The highest BCUT2D eigenvalue weighted by Crippen LogP contribution is 2.27. The highest BCUT2D eigenvalue weighted by molar-refractivity contribution is 5.69. The highest BCUT2D eigenvalue weighted by Gasteiger charge is 2.36. The Kier molecular flexibility index (Phi) is 6.23. The van der Waals surface area contributed by atoms with Crippen LogP contribution in [0.4, 0.5) is 13.2 Å². The summed E-state index contributed by atoms with van der Waals surface area (Å²) in [6, 6.07) is 7.52. The Bertz CT molecular complexity index is 1060. The van der Waals surface area contributed by atoms with Crippen molar-refractivity contribution in [3.8, 4) is 5.75 Å². The van der Waals surface area contributed by atoms with E-state index in [1.165, 1.54) is 0 Å². The van der Waals surface area contributed by atoms with Crippen LogP contribution >= 0.6 is 0 Å². The number of para-hydroxylation sites is 1. The molecule has 10 heteroatoms. The number of carbonyl (C=O) groups is 1. The molecule has 0 unspecified atom stereocenters. The van der Waals surface area contributed by atoms with Crippen LogP contribution < -0.4 is 4.74 Å². The number of aryl methyl sites for hydroxylation is 3. The number of benzene rings is 1. The van der Waals surface area contributed by atoms with Crippen LogP contribution in [-0.2, 0) is 22.1 Å². The fourth-order valence-electron chi connectivity index (χ4n) is 3.01. The number of fused-ring (bicyclic) bond motifs is 1. The summed E-state index contributed by atoms with van der Waals surface area (Å²) >= 11 is 0. The first-order valence-corrected chi connectivity index (χ1v) is 9.31. The van der Waals surface area contributed by atoms with Gasteiger partial charge in [0.05, 0.1) is 0 Å². The van der Waals surface area contributed by atoms with E-state index in [9.17, 15) is 18.0 Å². The van der Waals surface area contributed by atoms with Crippen molar-refractivity contribution in [2.24, 2.45) is 0 Å². The summed E-state index contributed by atoms with van der Waals surface area (Å²) < 4.78 is 50.4. The molecule has 0 fully saturated rings. The molecule has 0 atom stereocenters. The van der Waals surface area contributed by atoms with E-state index in [0.29, 0.717) is 17.0 Å². The molecule has 0 amide bonds. The fourth-order valence-corrected chi connectivity index (χ4v) is 3.01. The van der Waals surface area contributed by atoms with Crippen LogP contribution in [0.5, 0.6) is 5.75 Å². The maximum absolute atomic E-state index is 12.9. The lowest BCUT2D eigenvalue weighted by atomic mass is 10.1. The second-order valence-electron chi connectivity index (χ2n) is 6.74. The van der Waals surface area contributed by atoms with Crippen molar-refractivity contribution in [3.63, 3.8) is 0 Å². The van der Waals surface area contributed by atoms with Crippen LogP contribution in [0.2, 0.25) is 0 Å². The quantitative estimate of drug-likeness (QED) is 0.428. The van der Waals surface area contributed by atoms with Gasteiger partial charge in [0.15, 0.2) is 0 Å². The zero-order chi connectivity index (χ0) is 21.9. The van der Waals surface area contributed by atoms with Gasteiger partial charge in [0.2, 0.25) is 0 Å². The van der Waals surface area contributed by atoms with Crippen molar-refractivity contribution in [3.05, 3.63) is 52.6 Å². The second-order valence-corrected chi connectivity index (χ2v) is 6.74. The molecule has 0 aliphatic carbocycles. The molecule has 2 aromatic heterocycles. The monoisotopic (exact) mass is 422 g/mol. The molecule has 0 aliphatic heterocycles. The molecule has 0 saturated heterocycles. The molecule has 0 aliphatic rings. The third-order valence-electron chi connectivity index (χ3n) is 4.58. The van der Waals surface area contributed by atoms with Gasteiger partial charge in [0.25, 0.3) is 11.6 Å². The molecular formula is C20H21F3N4O3. The normalized spacial score (nSPS) is 11.7. The summed E-state index contributed by atoms with van der Waals surface area (Å²) in [5, 5.41) is 3.49. The minimum absolute atomic E-state index is 0.0556. The van der Waals surface area contributed by atoms with Crippen molar-refractivity contribution in [1.82, 2.24) is 19.6 Å². The van der Waals surface area contributed by atoms with Crippen molar-refractivity contribution in [1.29, 1.82) is 0 Å². The molecule has 0 radical (unpaired) electrons. The molecule has 0 spiro atoms. The van der Waals surface area contributed by atoms with Gasteiger partial charge in [0, 0.05) is 17.8 Å². The minimum atomic E-state index is -4.65. The summed E-state index contributed by atoms with van der Waals surface area (Å²) in [5.74, 6) is -1.08. The third kappa shape index (κ3) is 4.87. The number of ether oxygens (including phenoxy) is 2. The van der Waals surface area contributed by atoms with Crippen LogP contribution in [0, 0.1) is 20.8 Å². The Morgan fingerprint density at radius 2 is 1.83 bits per heavy atom. The standard InChI is InChI=1S/C20H21F3N4O3/c1-12-6-4-5-7-16(12)29-10-11-30-17(28)9-8-15-13(2)24-19-25-18(20(21,22)23)26-27(19)14(15)3/h4-7H,8-11H2,1-3H3. The van der Waals surface area contributed by atoms with Crippen molar-refractivity contribution in [2.75, 3.05) is 13.2 Å². The Morgan fingerprint density at radius 3 is 2.53 bits per heavy atom. The predicted octanol–water partition coefficient (Wildman–Crippen LogP) is 3.62. The number of hydrogen-bond donors (Lipinski definition) is 0. The largest absolute Gasteiger partial charge is 0.490 e. The first kappa shape index (κ1) is 21.5. The number of carbonyl (C=O) groups excluding carboxylic acids is 1. The smallest absolute Gasteiger partial charge is 0.453 e. The average Bonchev–Trinajstić information content (AvgIpc) is 3.11. The van der Waals surface area contributed by atoms with E-state index >= 15 is 0 Å². The average molecular weight is 422 g/mol. The van der Waals surface area contributed by atoms with E-state index < -0.39 is 18.0 Å². The van der Waals surface area contributed by atoms with E-state index in [1.807, 2.05) is 31.2 Å². The number of nitrogens with zero attached hydrogens (tertiary/aromatic N) is 4. The lowest BCUT2D eigenvalue weighted by Crippen LogP contribution is -2.14. The maximum atomic E-state index is 12.9. The van der Waals surface area contributed by atoms with E-state index in [2.05, 4.69) is 15.1 Å². The van der Waals surface area contributed by atoms with Crippen LogP contribution in [0.15, 0.2) is 24.3 Å². The van der Waals surface area contributed by atoms with Gasteiger partial charge in [-0.05, 0) is 44.4 Å². The summed E-state index contributed by atoms with van der Waals surface area (Å²) in [5.41, 5.74) is 2.57. The summed E-state index contributed by atoms with van der Waals surface area (Å²) in [7, 11) is 0. The topological polar surface area (TPSA) is 78.6 Å². The molecule has 0 saturated carbocycles. The van der Waals surface area contributed by atoms with E-state index in [-0.39, 0.29) is 31.8 Å². The summed E-state index contributed by atoms with van der Waals surface area (Å²) in [4.78, 5) is 19.6. The zero-order valence-corrected chi connectivity index (χ0v) is 16.8. The molecule has 2 heterocycles. The number of esters is 1. The second kappa shape index (κ2) is 8.68. The van der Waals surface area contributed by atoms with Gasteiger partial charge in [-0.2, -0.15) is 18.2 Å². The fraction of sp³-hybridized carbons (Fsp3) is 0.400. The van der Waals surface area contributed by atoms with Crippen LogP contribution in [0.3, 0.4) is 0 Å². The Morgan fingerprint density at radius 1 is 1.10 bits per heavy atom. The minimum Gasteiger partial charge on any atom is -0.490 e. The van der Waals surface area contributed by atoms with E-state index in [0.717, 1.165) is 15.8 Å². The molecule has 1 aromatic carbocycles. The zero-order valence-electron chi connectivity index (χ0n) is 16.8. The molecule has 0 N–H and O–H groups in total. The molecular weight excluding hydrogens is 401 g/mol. The van der Waals surface area contributed by atoms with Gasteiger partial charge in [-0.3, -0.25) is 4.79 Å².